The quantitative estimate of drug-likeness (QED) is 0.391. The second-order valence-corrected chi connectivity index (χ2v) is 22.2. The topological polar surface area (TPSA) is 90.5 Å². The molecule has 0 saturated heterocycles. The SMILES string of the molecule is CC(C)O[P+](O)(OC(C)C)c1ccc([P+](O)(O[Si](C)(C)C)O[Si](C)(C)C)o1. The molecule has 0 bridgehead atoms. The third-order valence-corrected chi connectivity index (χ3v) is 12.0. The van der Waals surface area contributed by atoms with Crippen LogP contribution in [0.4, 0.5) is 0 Å². The lowest BCUT2D eigenvalue weighted by molar-refractivity contribution is 0.124. The first-order valence-corrected chi connectivity index (χ1v) is 19.1. The lowest BCUT2D eigenvalue weighted by Crippen LogP contribution is -2.35. The summed E-state index contributed by atoms with van der Waals surface area (Å²) in [7, 11) is -11.2. The molecule has 1 heterocycles. The minimum absolute atomic E-state index is 0.150. The van der Waals surface area contributed by atoms with Gasteiger partial charge < -0.3 is 4.42 Å². The smallest absolute Gasteiger partial charge is 0.382 e. The van der Waals surface area contributed by atoms with Gasteiger partial charge in [-0.1, -0.05) is 0 Å². The molecule has 0 atom stereocenters. The molecule has 2 N–H and O–H groups in total. The van der Waals surface area contributed by atoms with Crippen molar-refractivity contribution in [2.75, 3.05) is 0 Å². The first-order chi connectivity index (χ1) is 12.0. The lowest BCUT2D eigenvalue weighted by atomic mass is 10.5. The highest BCUT2D eigenvalue weighted by molar-refractivity contribution is 7.71. The van der Waals surface area contributed by atoms with Crippen molar-refractivity contribution in [3.05, 3.63) is 12.1 Å². The van der Waals surface area contributed by atoms with Crippen molar-refractivity contribution in [1.82, 2.24) is 0 Å². The van der Waals surface area contributed by atoms with Gasteiger partial charge in [0.25, 0.3) is 16.6 Å². The molecule has 1 aromatic rings. The summed E-state index contributed by atoms with van der Waals surface area (Å²) < 4.78 is 29.3. The molecule has 0 fully saturated rings. The first-order valence-electron chi connectivity index (χ1n) is 9.09. The van der Waals surface area contributed by atoms with Crippen molar-refractivity contribution in [3.63, 3.8) is 0 Å². The summed E-state index contributed by atoms with van der Waals surface area (Å²) in [5.41, 5.74) is 0.331. The van der Waals surface area contributed by atoms with E-state index in [0.29, 0.717) is 0 Å². The van der Waals surface area contributed by atoms with E-state index in [-0.39, 0.29) is 23.2 Å². The number of hydrogen-bond donors (Lipinski definition) is 2. The monoisotopic (exact) mass is 458 g/mol. The summed E-state index contributed by atoms with van der Waals surface area (Å²) in [6.45, 7) is 19.1. The molecule has 0 radical (unpaired) electrons. The van der Waals surface area contributed by atoms with Gasteiger partial charge in [-0.25, -0.2) is 8.43 Å². The van der Waals surface area contributed by atoms with E-state index in [9.17, 15) is 9.79 Å². The summed E-state index contributed by atoms with van der Waals surface area (Å²) in [5, 5.41) is 0. The molecular weight excluding hydrogens is 422 g/mol. The number of rotatable bonds is 10. The van der Waals surface area contributed by atoms with Crippen LogP contribution in [0.5, 0.6) is 0 Å². The van der Waals surface area contributed by atoms with Crippen LogP contribution >= 0.6 is 15.9 Å². The molecule has 0 spiro atoms. The standard InChI is InChI=1S/C16H36O7P2Si2/c1-13(2)20-24(17,21-14(3)4)15-11-12-16(19-15)25(18,22-26(5,6)7)23-27(8,9)10/h11-14,17-18H,1-10H3/q+2. The normalized spacial score (nSPS) is 14.4. The molecule has 0 aliphatic rings. The molecule has 158 valence electrons. The van der Waals surface area contributed by atoms with E-state index >= 15 is 0 Å². The second kappa shape index (κ2) is 9.00. The minimum Gasteiger partial charge on any atom is -0.382 e. The summed E-state index contributed by atoms with van der Waals surface area (Å²) in [6.07, 6.45) is -0.526. The van der Waals surface area contributed by atoms with Gasteiger partial charge in [-0.3, -0.25) is 0 Å². The average molecular weight is 459 g/mol. The van der Waals surface area contributed by atoms with Crippen LogP contribution in [-0.4, -0.2) is 38.6 Å². The number of hydrogen-bond acceptors (Lipinski definition) is 7. The highest BCUT2D eigenvalue weighted by Crippen LogP contribution is 2.62. The molecule has 0 amide bonds. The summed E-state index contributed by atoms with van der Waals surface area (Å²) in [4.78, 5) is 22.3. The molecule has 7 nitrogen and oxygen atoms in total. The average Bonchev–Trinajstić information content (AvgIpc) is 2.81. The van der Waals surface area contributed by atoms with Crippen LogP contribution in [0.2, 0.25) is 39.3 Å². The molecule has 11 heteroatoms. The van der Waals surface area contributed by atoms with Crippen LogP contribution < -0.4 is 11.0 Å². The van der Waals surface area contributed by atoms with Gasteiger partial charge in [0.15, 0.2) is 0 Å². The van der Waals surface area contributed by atoms with Crippen molar-refractivity contribution in [2.45, 2.75) is 79.2 Å². The van der Waals surface area contributed by atoms with Gasteiger partial charge in [-0.15, -0.1) is 0 Å². The van der Waals surface area contributed by atoms with E-state index in [1.54, 1.807) is 12.1 Å². The third kappa shape index (κ3) is 8.30. The zero-order valence-corrected chi connectivity index (χ0v) is 21.9. The van der Waals surface area contributed by atoms with Crippen molar-refractivity contribution < 1.29 is 31.7 Å². The van der Waals surface area contributed by atoms with Gasteiger partial charge in [-0.05, 0) is 67.0 Å². The molecule has 0 aromatic carbocycles. The molecule has 0 saturated carbocycles. The van der Waals surface area contributed by atoms with Gasteiger partial charge in [0.05, 0.1) is 0 Å². The molecule has 1 rings (SSSR count). The fraction of sp³-hybridized carbons (Fsp3) is 0.750. The maximum absolute atomic E-state index is 11.3. The van der Waals surface area contributed by atoms with Crippen molar-refractivity contribution in [3.8, 4) is 0 Å². The predicted molar refractivity (Wildman–Crippen MR) is 118 cm³/mol. The van der Waals surface area contributed by atoms with E-state index in [0.717, 1.165) is 0 Å². The Kier molecular flexibility index (Phi) is 8.46. The Balaban J connectivity index is 3.34. The van der Waals surface area contributed by atoms with Gasteiger partial charge >= 0.3 is 26.9 Å². The second-order valence-electron chi connectivity index (χ2n) is 8.87. The zero-order chi connectivity index (χ0) is 21.3. The van der Waals surface area contributed by atoms with Crippen LogP contribution in [0, 0.1) is 0 Å². The van der Waals surface area contributed by atoms with E-state index in [2.05, 4.69) is 0 Å². The van der Waals surface area contributed by atoms with Gasteiger partial charge in [-0.2, -0.15) is 18.8 Å². The predicted octanol–water partition coefficient (Wildman–Crippen LogP) is 4.59. The summed E-state index contributed by atoms with van der Waals surface area (Å²) in [6, 6.07) is 3.15. The van der Waals surface area contributed by atoms with Crippen molar-refractivity contribution >= 4 is 43.5 Å². The Morgan fingerprint density at radius 2 is 1.07 bits per heavy atom. The summed E-state index contributed by atoms with van der Waals surface area (Å²) >= 11 is 0. The fourth-order valence-electron chi connectivity index (χ4n) is 2.17. The minimum atomic E-state index is -3.43. The Morgan fingerprint density at radius 1 is 0.741 bits per heavy atom. The van der Waals surface area contributed by atoms with Crippen LogP contribution in [-0.2, 0) is 17.5 Å². The van der Waals surface area contributed by atoms with Gasteiger partial charge in [0.1, 0.15) is 12.2 Å². The molecule has 27 heavy (non-hydrogen) atoms. The number of furan rings is 1. The summed E-state index contributed by atoms with van der Waals surface area (Å²) in [5.74, 6) is 0. The maximum Gasteiger partial charge on any atom is 0.485 e. The molecule has 0 unspecified atom stereocenters. The van der Waals surface area contributed by atoms with Crippen LogP contribution in [0.15, 0.2) is 16.5 Å². The molecule has 1 aromatic heterocycles. The van der Waals surface area contributed by atoms with E-state index < -0.39 is 32.5 Å². The first kappa shape index (κ1) is 25.4. The van der Waals surface area contributed by atoms with Crippen LogP contribution in [0.25, 0.3) is 0 Å². The Morgan fingerprint density at radius 3 is 1.37 bits per heavy atom. The Bertz CT molecular complexity index is 583. The highest BCUT2D eigenvalue weighted by Gasteiger charge is 2.57. The lowest BCUT2D eigenvalue weighted by Gasteiger charge is -2.26. The largest absolute Gasteiger partial charge is 0.485 e. The van der Waals surface area contributed by atoms with E-state index in [4.69, 9.17) is 21.9 Å². The zero-order valence-electron chi connectivity index (χ0n) is 18.1. The highest BCUT2D eigenvalue weighted by atomic mass is 31.2. The fourth-order valence-corrected chi connectivity index (χ4v) is 11.7. The van der Waals surface area contributed by atoms with Crippen molar-refractivity contribution in [1.29, 1.82) is 0 Å². The van der Waals surface area contributed by atoms with Crippen molar-refractivity contribution in [2.24, 2.45) is 0 Å². The van der Waals surface area contributed by atoms with E-state index in [1.165, 1.54) is 0 Å². The van der Waals surface area contributed by atoms with Crippen LogP contribution in [0.1, 0.15) is 27.7 Å². The Hall–Kier alpha value is 0.334. The maximum atomic E-state index is 11.3. The molecular formula is C16H36O7P2Si2+2. The Labute approximate surface area is 166 Å². The molecule has 0 aliphatic heterocycles. The van der Waals surface area contributed by atoms with E-state index in [1.807, 2.05) is 67.0 Å². The van der Waals surface area contributed by atoms with Gasteiger partial charge in [0, 0.05) is 12.1 Å². The van der Waals surface area contributed by atoms with Gasteiger partial charge in [0.2, 0.25) is 0 Å². The third-order valence-electron chi connectivity index (χ3n) is 2.64. The molecule has 0 aliphatic carbocycles. The van der Waals surface area contributed by atoms with Crippen LogP contribution in [0.3, 0.4) is 0 Å².